The first-order valence-corrected chi connectivity index (χ1v) is 12.4. The van der Waals surface area contributed by atoms with E-state index >= 15 is 0 Å². The number of aromatic nitrogens is 2. The first-order chi connectivity index (χ1) is 19.6. The minimum Gasteiger partial charge on any atom is -0.373 e. The van der Waals surface area contributed by atoms with E-state index in [-0.39, 0.29) is 22.0 Å². The molecule has 0 radical (unpaired) electrons. The van der Waals surface area contributed by atoms with Gasteiger partial charge in [-0.2, -0.15) is 9.65 Å². The Balaban J connectivity index is 1.58. The number of rotatable bonds is 8. The Bertz CT molecular complexity index is 1680. The summed E-state index contributed by atoms with van der Waals surface area (Å²) in [5.41, 5.74) is 7.70. The average Bonchev–Trinajstić information content (AvgIpc) is 3.44. The first-order valence-electron chi connectivity index (χ1n) is 12.1. The van der Waals surface area contributed by atoms with Crippen LogP contribution >= 0.6 is 11.6 Å². The molecule has 1 aliphatic heterocycles. The van der Waals surface area contributed by atoms with Crippen molar-refractivity contribution in [3.8, 4) is 6.07 Å². The molecule has 210 valence electrons. The highest BCUT2D eigenvalue weighted by Crippen LogP contribution is 2.37. The van der Waals surface area contributed by atoms with Crippen molar-refractivity contribution >= 4 is 39.6 Å². The van der Waals surface area contributed by atoms with Crippen molar-refractivity contribution in [1.29, 1.82) is 5.26 Å². The summed E-state index contributed by atoms with van der Waals surface area (Å²) in [4.78, 5) is 7.63. The molecule has 1 aliphatic rings. The molecule has 3 heterocycles. The molecule has 8 nitrogen and oxygen atoms in total. The SMILES string of the molecule is CC(C(F)F)N1C=C([C@@H](Nc2cc(Cl)c3ncc(C#N)c(Nc4cnc(F)c(F)c4)c3c2)c2ccc(F)cc2)NN1. The maximum Gasteiger partial charge on any atom is 0.259 e. The Morgan fingerprint density at radius 2 is 1.78 bits per heavy atom. The van der Waals surface area contributed by atoms with Gasteiger partial charge in [0.05, 0.1) is 45.4 Å². The van der Waals surface area contributed by atoms with Gasteiger partial charge in [-0.15, -0.1) is 5.53 Å². The summed E-state index contributed by atoms with van der Waals surface area (Å²) in [5, 5.41) is 17.7. The number of nitrogens with one attached hydrogen (secondary N) is 4. The smallest absolute Gasteiger partial charge is 0.259 e. The van der Waals surface area contributed by atoms with Crippen LogP contribution in [0.15, 0.2) is 66.8 Å². The normalized spacial score (nSPS) is 14.4. The summed E-state index contributed by atoms with van der Waals surface area (Å²) in [7, 11) is 0. The molecule has 0 bridgehead atoms. The summed E-state index contributed by atoms with van der Waals surface area (Å²) >= 11 is 6.57. The number of nitriles is 1. The van der Waals surface area contributed by atoms with Crippen molar-refractivity contribution < 1.29 is 22.0 Å². The van der Waals surface area contributed by atoms with Gasteiger partial charge >= 0.3 is 0 Å². The largest absolute Gasteiger partial charge is 0.373 e. The second-order valence-electron chi connectivity index (χ2n) is 9.07. The van der Waals surface area contributed by atoms with Crippen LogP contribution in [0.5, 0.6) is 0 Å². The highest BCUT2D eigenvalue weighted by molar-refractivity contribution is 6.36. The Hall–Kier alpha value is -4.67. The zero-order valence-electron chi connectivity index (χ0n) is 21.1. The molecular formula is C27H20ClF5N8. The molecule has 0 aliphatic carbocycles. The number of nitrogens with zero attached hydrogens (tertiary/aromatic N) is 4. The van der Waals surface area contributed by atoms with Crippen LogP contribution < -0.4 is 21.6 Å². The highest BCUT2D eigenvalue weighted by Gasteiger charge is 2.28. The van der Waals surface area contributed by atoms with Gasteiger partial charge in [0.1, 0.15) is 17.9 Å². The van der Waals surface area contributed by atoms with E-state index in [4.69, 9.17) is 11.6 Å². The van der Waals surface area contributed by atoms with E-state index in [0.717, 1.165) is 12.3 Å². The predicted octanol–water partition coefficient (Wildman–Crippen LogP) is 6.29. The predicted molar refractivity (Wildman–Crippen MR) is 143 cm³/mol. The third-order valence-electron chi connectivity index (χ3n) is 6.35. The summed E-state index contributed by atoms with van der Waals surface area (Å²) in [5.74, 6) is -2.92. The van der Waals surface area contributed by atoms with Crippen molar-refractivity contribution in [3.05, 3.63) is 100 Å². The first kappa shape index (κ1) is 27.9. The van der Waals surface area contributed by atoms with Gasteiger partial charge in [-0.05, 0) is 36.8 Å². The molecule has 0 saturated heterocycles. The second-order valence-corrected chi connectivity index (χ2v) is 9.47. The van der Waals surface area contributed by atoms with E-state index in [1.807, 2.05) is 6.07 Å². The molecule has 1 unspecified atom stereocenters. The Kier molecular flexibility index (Phi) is 7.78. The van der Waals surface area contributed by atoms with E-state index in [1.54, 1.807) is 12.1 Å². The summed E-state index contributed by atoms with van der Waals surface area (Å²) in [6, 6.07) is 9.85. The van der Waals surface area contributed by atoms with E-state index in [0.29, 0.717) is 27.9 Å². The Morgan fingerprint density at radius 3 is 2.46 bits per heavy atom. The van der Waals surface area contributed by atoms with Crippen LogP contribution in [0, 0.1) is 28.9 Å². The Morgan fingerprint density at radius 1 is 1.02 bits per heavy atom. The average molecular weight is 587 g/mol. The van der Waals surface area contributed by atoms with E-state index in [2.05, 4.69) is 31.6 Å². The molecule has 2 atom stereocenters. The lowest BCUT2D eigenvalue weighted by molar-refractivity contribution is 0.0356. The quantitative estimate of drug-likeness (QED) is 0.141. The molecule has 0 fully saturated rings. The number of hydrogen-bond donors (Lipinski definition) is 4. The molecule has 0 amide bonds. The fraction of sp³-hybridized carbons (Fsp3) is 0.148. The minimum absolute atomic E-state index is 0.0752. The van der Waals surface area contributed by atoms with Gasteiger partial charge in [0.25, 0.3) is 6.43 Å². The molecule has 4 N–H and O–H groups in total. The lowest BCUT2D eigenvalue weighted by Crippen LogP contribution is -2.45. The van der Waals surface area contributed by atoms with Crippen molar-refractivity contribution in [1.82, 2.24) is 25.9 Å². The maximum atomic E-state index is 13.8. The van der Waals surface area contributed by atoms with Gasteiger partial charge in [0.2, 0.25) is 5.95 Å². The van der Waals surface area contributed by atoms with Crippen LogP contribution in [-0.2, 0) is 0 Å². The third kappa shape index (κ3) is 5.79. The van der Waals surface area contributed by atoms with Crippen LogP contribution in [-0.4, -0.2) is 27.4 Å². The lowest BCUT2D eigenvalue weighted by atomic mass is 10.0. The fourth-order valence-electron chi connectivity index (χ4n) is 4.19. The number of benzene rings is 2. The molecule has 0 spiro atoms. The van der Waals surface area contributed by atoms with Crippen LogP contribution in [0.1, 0.15) is 24.1 Å². The molecule has 14 heteroatoms. The van der Waals surface area contributed by atoms with Crippen molar-refractivity contribution in [2.45, 2.75) is 25.4 Å². The zero-order chi connectivity index (χ0) is 29.3. The highest BCUT2D eigenvalue weighted by atomic mass is 35.5. The van der Waals surface area contributed by atoms with Crippen LogP contribution in [0.3, 0.4) is 0 Å². The van der Waals surface area contributed by atoms with Gasteiger partial charge in [0.15, 0.2) is 5.82 Å². The van der Waals surface area contributed by atoms with Gasteiger partial charge in [-0.1, -0.05) is 23.7 Å². The summed E-state index contributed by atoms with van der Waals surface area (Å²) in [6.07, 6.45) is 1.20. The van der Waals surface area contributed by atoms with Gasteiger partial charge in [0, 0.05) is 29.5 Å². The third-order valence-corrected chi connectivity index (χ3v) is 6.64. The number of anilines is 3. The molecule has 0 saturated carbocycles. The van der Waals surface area contributed by atoms with Gasteiger partial charge in [-0.25, -0.2) is 22.5 Å². The van der Waals surface area contributed by atoms with Crippen LogP contribution in [0.2, 0.25) is 5.02 Å². The van der Waals surface area contributed by atoms with Crippen molar-refractivity contribution in [2.24, 2.45) is 0 Å². The van der Waals surface area contributed by atoms with E-state index in [1.165, 1.54) is 48.6 Å². The summed E-state index contributed by atoms with van der Waals surface area (Å²) in [6.45, 7) is 1.35. The maximum absolute atomic E-state index is 13.8. The molecule has 5 rings (SSSR count). The van der Waals surface area contributed by atoms with Crippen molar-refractivity contribution in [2.75, 3.05) is 10.6 Å². The van der Waals surface area contributed by atoms with Gasteiger partial charge in [-0.3, -0.25) is 9.99 Å². The number of fused-ring (bicyclic) bond motifs is 1. The number of alkyl halides is 2. The minimum atomic E-state index is -2.63. The molecular weight excluding hydrogens is 567 g/mol. The standard InChI is InChI=1S/C27H20ClF5N8/c1-13(26(31)32)41-12-22(39-40-41)24(14-2-4-16(29)5-3-14)37-17-6-19-23(38-18-8-21(30)27(33)36-11-18)15(9-34)10-35-25(19)20(28)7-17/h2-8,10-13,24,26,37,39-40H,1H3,(H,35,38)/t13?,24-/m0/s1. The number of hydrogen-bond acceptors (Lipinski definition) is 8. The number of pyridine rings is 2. The second kappa shape index (κ2) is 11.4. The van der Waals surface area contributed by atoms with E-state index in [9.17, 15) is 27.2 Å². The monoisotopic (exact) mass is 586 g/mol. The topological polar surface area (TPSA) is 101 Å². The summed E-state index contributed by atoms with van der Waals surface area (Å²) < 4.78 is 67.6. The zero-order valence-corrected chi connectivity index (χ0v) is 21.8. The van der Waals surface area contributed by atoms with Crippen LogP contribution in [0.4, 0.5) is 39.0 Å². The van der Waals surface area contributed by atoms with E-state index < -0.39 is 36.1 Å². The lowest BCUT2D eigenvalue weighted by Gasteiger charge is -2.22. The molecule has 2 aromatic carbocycles. The van der Waals surface area contributed by atoms with Crippen molar-refractivity contribution in [3.63, 3.8) is 0 Å². The van der Waals surface area contributed by atoms with Gasteiger partial charge < -0.3 is 16.1 Å². The number of halogens is 6. The molecule has 2 aromatic heterocycles. The molecule has 41 heavy (non-hydrogen) atoms. The molecule has 4 aromatic rings. The number of hydrazine groups is 2. The fourth-order valence-corrected chi connectivity index (χ4v) is 4.46. The Labute approximate surface area is 235 Å². The van der Waals surface area contributed by atoms with Crippen LogP contribution in [0.25, 0.3) is 10.9 Å².